The van der Waals surface area contributed by atoms with E-state index in [0.717, 1.165) is 23.6 Å². The topological polar surface area (TPSA) is 30.5 Å². The van der Waals surface area contributed by atoms with E-state index in [9.17, 15) is 0 Å². The second-order valence-electron chi connectivity index (χ2n) is 4.60. The summed E-state index contributed by atoms with van der Waals surface area (Å²) in [5.41, 5.74) is 2.47. The van der Waals surface area contributed by atoms with E-state index in [0.29, 0.717) is 0 Å². The van der Waals surface area contributed by atoms with Crippen molar-refractivity contribution in [3.63, 3.8) is 0 Å². The van der Waals surface area contributed by atoms with E-state index in [1.165, 1.54) is 10.4 Å². The van der Waals surface area contributed by atoms with E-state index in [1.54, 1.807) is 25.6 Å². The van der Waals surface area contributed by atoms with Gasteiger partial charge in [0.1, 0.15) is 11.5 Å². The molecular weight excluding hydrogens is 270 g/mol. The average Bonchev–Trinajstić information content (AvgIpc) is 2.90. The second-order valence-corrected chi connectivity index (χ2v) is 5.55. The molecule has 20 heavy (non-hydrogen) atoms. The smallest absolute Gasteiger partial charge is 0.122 e. The molecule has 0 aliphatic rings. The van der Waals surface area contributed by atoms with Crippen LogP contribution in [0.25, 0.3) is 0 Å². The Morgan fingerprint density at radius 1 is 1.15 bits per heavy atom. The fraction of sp³-hybridized carbons (Fsp3) is 0.375. The molecule has 0 aliphatic carbocycles. The quantitative estimate of drug-likeness (QED) is 0.878. The van der Waals surface area contributed by atoms with Gasteiger partial charge in [-0.2, -0.15) is 0 Å². The van der Waals surface area contributed by atoms with Crippen molar-refractivity contribution in [1.82, 2.24) is 5.32 Å². The molecule has 1 N–H and O–H groups in total. The van der Waals surface area contributed by atoms with E-state index < -0.39 is 0 Å². The van der Waals surface area contributed by atoms with E-state index in [1.807, 2.05) is 6.07 Å². The van der Waals surface area contributed by atoms with Crippen molar-refractivity contribution < 1.29 is 9.47 Å². The normalized spacial score (nSPS) is 12.2. The molecule has 4 heteroatoms. The monoisotopic (exact) mass is 291 g/mol. The predicted molar refractivity (Wildman–Crippen MR) is 84.1 cm³/mol. The van der Waals surface area contributed by atoms with Crippen LogP contribution >= 0.6 is 11.3 Å². The summed E-state index contributed by atoms with van der Waals surface area (Å²) in [5.74, 6) is 1.63. The van der Waals surface area contributed by atoms with Gasteiger partial charge in [-0.1, -0.05) is 6.92 Å². The third kappa shape index (κ3) is 3.14. The van der Waals surface area contributed by atoms with Crippen LogP contribution in [-0.2, 0) is 0 Å². The maximum absolute atomic E-state index is 5.37. The van der Waals surface area contributed by atoms with Gasteiger partial charge in [0, 0.05) is 10.9 Å². The van der Waals surface area contributed by atoms with Gasteiger partial charge in [0.25, 0.3) is 0 Å². The summed E-state index contributed by atoms with van der Waals surface area (Å²) >= 11 is 1.78. The molecule has 0 radical (unpaired) electrons. The summed E-state index contributed by atoms with van der Waals surface area (Å²) in [4.78, 5) is 1.34. The highest BCUT2D eigenvalue weighted by molar-refractivity contribution is 7.10. The zero-order valence-corrected chi connectivity index (χ0v) is 13.2. The van der Waals surface area contributed by atoms with Crippen LogP contribution in [0.4, 0.5) is 0 Å². The maximum atomic E-state index is 5.37. The summed E-state index contributed by atoms with van der Waals surface area (Å²) in [6, 6.07) is 8.35. The van der Waals surface area contributed by atoms with Gasteiger partial charge in [-0.15, -0.1) is 11.3 Å². The molecule has 1 heterocycles. The van der Waals surface area contributed by atoms with Crippen molar-refractivity contribution in [2.45, 2.75) is 19.9 Å². The van der Waals surface area contributed by atoms with Crippen molar-refractivity contribution >= 4 is 11.3 Å². The number of methoxy groups -OCH3 is 2. The van der Waals surface area contributed by atoms with Crippen molar-refractivity contribution in [2.24, 2.45) is 0 Å². The zero-order valence-electron chi connectivity index (χ0n) is 12.4. The lowest BCUT2D eigenvalue weighted by Crippen LogP contribution is -2.21. The van der Waals surface area contributed by atoms with Crippen molar-refractivity contribution in [1.29, 1.82) is 0 Å². The van der Waals surface area contributed by atoms with Gasteiger partial charge in [0.2, 0.25) is 0 Å². The van der Waals surface area contributed by atoms with Crippen LogP contribution in [0.1, 0.15) is 29.0 Å². The first-order chi connectivity index (χ1) is 9.69. The van der Waals surface area contributed by atoms with Crippen LogP contribution in [0, 0.1) is 6.92 Å². The van der Waals surface area contributed by atoms with E-state index in [4.69, 9.17) is 9.47 Å². The van der Waals surface area contributed by atoms with Gasteiger partial charge in [-0.3, -0.25) is 0 Å². The molecule has 1 unspecified atom stereocenters. The summed E-state index contributed by atoms with van der Waals surface area (Å²) < 4.78 is 10.7. The Morgan fingerprint density at radius 2 is 1.80 bits per heavy atom. The Kier molecular flexibility index (Phi) is 5.04. The fourth-order valence-electron chi connectivity index (χ4n) is 2.24. The van der Waals surface area contributed by atoms with E-state index >= 15 is 0 Å². The number of rotatable bonds is 6. The molecular formula is C16H21NO2S. The molecule has 0 amide bonds. The Balaban J connectivity index is 2.46. The van der Waals surface area contributed by atoms with Gasteiger partial charge in [-0.25, -0.2) is 0 Å². The number of hydrogen-bond acceptors (Lipinski definition) is 4. The molecule has 0 saturated carbocycles. The van der Waals surface area contributed by atoms with Gasteiger partial charge >= 0.3 is 0 Å². The molecule has 0 saturated heterocycles. The molecule has 2 rings (SSSR count). The summed E-state index contributed by atoms with van der Waals surface area (Å²) in [6.07, 6.45) is 0. The van der Waals surface area contributed by atoms with Crippen molar-refractivity contribution in [2.75, 3.05) is 20.8 Å². The van der Waals surface area contributed by atoms with E-state index in [2.05, 4.69) is 42.7 Å². The molecule has 0 aliphatic heterocycles. The van der Waals surface area contributed by atoms with Crippen LogP contribution in [0.15, 0.2) is 29.6 Å². The fourth-order valence-corrected chi connectivity index (χ4v) is 3.27. The molecule has 0 bridgehead atoms. The Labute approximate surface area is 124 Å². The van der Waals surface area contributed by atoms with Crippen LogP contribution in [0.3, 0.4) is 0 Å². The lowest BCUT2D eigenvalue weighted by Gasteiger charge is -2.20. The highest BCUT2D eigenvalue weighted by Crippen LogP contribution is 2.33. The minimum absolute atomic E-state index is 0.170. The lowest BCUT2D eigenvalue weighted by atomic mass is 10.0. The van der Waals surface area contributed by atoms with Gasteiger partial charge < -0.3 is 14.8 Å². The Bertz CT molecular complexity index is 543. The maximum Gasteiger partial charge on any atom is 0.122 e. The van der Waals surface area contributed by atoms with E-state index in [-0.39, 0.29) is 6.04 Å². The molecule has 0 spiro atoms. The molecule has 2 aromatic rings. The first-order valence-corrected chi connectivity index (χ1v) is 7.57. The lowest BCUT2D eigenvalue weighted by molar-refractivity contribution is 0.392. The first-order valence-electron chi connectivity index (χ1n) is 6.70. The second kappa shape index (κ2) is 6.77. The average molecular weight is 291 g/mol. The number of benzene rings is 1. The number of nitrogens with one attached hydrogen (secondary N) is 1. The molecule has 1 aromatic heterocycles. The number of hydrogen-bond donors (Lipinski definition) is 1. The van der Waals surface area contributed by atoms with Gasteiger partial charge in [0.05, 0.1) is 20.3 Å². The minimum atomic E-state index is 0.170. The Hall–Kier alpha value is -1.52. The molecule has 108 valence electrons. The molecule has 3 nitrogen and oxygen atoms in total. The van der Waals surface area contributed by atoms with Crippen LogP contribution < -0.4 is 14.8 Å². The minimum Gasteiger partial charge on any atom is -0.497 e. The van der Waals surface area contributed by atoms with Crippen molar-refractivity contribution in [3.05, 3.63) is 45.6 Å². The summed E-state index contributed by atoms with van der Waals surface area (Å²) in [7, 11) is 3.36. The molecule has 1 atom stereocenters. The highest BCUT2D eigenvalue weighted by atomic mass is 32.1. The summed E-state index contributed by atoms with van der Waals surface area (Å²) in [5, 5.41) is 5.68. The third-order valence-electron chi connectivity index (χ3n) is 3.28. The SMILES string of the molecule is CCNC(c1cc(OC)cc(OC)c1)c1sccc1C. The van der Waals surface area contributed by atoms with Gasteiger partial charge in [0.15, 0.2) is 0 Å². The predicted octanol–water partition coefficient (Wildman–Crippen LogP) is 3.77. The standard InChI is InChI=1S/C16H21NO2S/c1-5-17-15(16-11(2)6-7-20-16)12-8-13(18-3)10-14(9-12)19-4/h6-10,15,17H,5H2,1-4H3. The number of ether oxygens (including phenoxy) is 2. The van der Waals surface area contributed by atoms with Crippen LogP contribution in [0.5, 0.6) is 11.5 Å². The van der Waals surface area contributed by atoms with Crippen LogP contribution in [0.2, 0.25) is 0 Å². The van der Waals surface area contributed by atoms with Gasteiger partial charge in [-0.05, 0) is 48.2 Å². The Morgan fingerprint density at radius 3 is 2.25 bits per heavy atom. The molecule has 0 fully saturated rings. The molecule has 1 aromatic carbocycles. The number of aryl methyl sites for hydroxylation is 1. The van der Waals surface area contributed by atoms with Crippen LogP contribution in [-0.4, -0.2) is 20.8 Å². The zero-order chi connectivity index (χ0) is 14.5. The summed E-state index contributed by atoms with van der Waals surface area (Å²) in [6.45, 7) is 5.17. The highest BCUT2D eigenvalue weighted by Gasteiger charge is 2.18. The first kappa shape index (κ1) is 14.9. The van der Waals surface area contributed by atoms with Crippen molar-refractivity contribution in [3.8, 4) is 11.5 Å². The number of thiophene rings is 1. The third-order valence-corrected chi connectivity index (χ3v) is 4.36. The largest absolute Gasteiger partial charge is 0.497 e.